The third-order valence-electron chi connectivity index (χ3n) is 6.19. The maximum atomic E-state index is 2.49. The molecule has 0 spiro atoms. The monoisotopic (exact) mass is 266 g/mol. The zero-order valence-electron chi connectivity index (χ0n) is 15.1. The van der Waals surface area contributed by atoms with E-state index < -0.39 is 0 Å². The van der Waals surface area contributed by atoms with Crippen LogP contribution in [0.3, 0.4) is 0 Å². The molecule has 0 radical (unpaired) electrons. The smallest absolute Gasteiger partial charge is 0.0323 e. The summed E-state index contributed by atoms with van der Waals surface area (Å²) in [7, 11) is 0. The summed E-state index contributed by atoms with van der Waals surface area (Å²) < 4.78 is 0. The summed E-state index contributed by atoms with van der Waals surface area (Å²) in [5, 5.41) is 0. The Labute approximate surface area is 122 Å². The standard InChI is InChI=1S/C19H38/c1-15-18(6,7)12-10-16(2,3)14-17(4,5)11-13-19(15,8)9/h15H,10-14H2,1-9H3. The predicted octanol–water partition coefficient (Wildman–Crippen LogP) is 6.69. The lowest BCUT2D eigenvalue weighted by atomic mass is 9.58. The van der Waals surface area contributed by atoms with Gasteiger partial charge in [-0.1, -0.05) is 62.3 Å². The molecule has 0 atom stereocenters. The van der Waals surface area contributed by atoms with Crippen LogP contribution < -0.4 is 0 Å². The Morgan fingerprint density at radius 2 is 0.895 bits per heavy atom. The molecule has 114 valence electrons. The van der Waals surface area contributed by atoms with Gasteiger partial charge in [0.1, 0.15) is 0 Å². The first kappa shape index (κ1) is 17.1. The maximum absolute atomic E-state index is 2.49. The molecule has 0 N–H and O–H groups in total. The fourth-order valence-corrected chi connectivity index (χ4v) is 4.28. The molecule has 0 bridgehead atoms. The van der Waals surface area contributed by atoms with Gasteiger partial charge in [-0.25, -0.2) is 0 Å². The average molecular weight is 267 g/mol. The van der Waals surface area contributed by atoms with E-state index in [1.54, 1.807) is 0 Å². The lowest BCUT2D eigenvalue weighted by Crippen LogP contribution is -2.38. The van der Waals surface area contributed by atoms with Crippen LogP contribution in [-0.4, -0.2) is 0 Å². The molecule has 0 amide bonds. The summed E-state index contributed by atoms with van der Waals surface area (Å²) >= 11 is 0. The third kappa shape index (κ3) is 4.50. The molecule has 0 unspecified atom stereocenters. The van der Waals surface area contributed by atoms with E-state index in [9.17, 15) is 0 Å². The van der Waals surface area contributed by atoms with E-state index >= 15 is 0 Å². The van der Waals surface area contributed by atoms with Crippen LogP contribution in [0.15, 0.2) is 0 Å². The Hall–Kier alpha value is 0. The van der Waals surface area contributed by atoms with E-state index in [0.717, 1.165) is 5.92 Å². The Kier molecular flexibility index (Phi) is 4.56. The number of hydrogen-bond donors (Lipinski definition) is 0. The fourth-order valence-electron chi connectivity index (χ4n) is 4.28. The van der Waals surface area contributed by atoms with Crippen LogP contribution in [0.2, 0.25) is 0 Å². The summed E-state index contributed by atoms with van der Waals surface area (Å²) in [6.45, 7) is 22.3. The topological polar surface area (TPSA) is 0 Å². The van der Waals surface area contributed by atoms with Crippen LogP contribution in [0.4, 0.5) is 0 Å². The maximum Gasteiger partial charge on any atom is -0.0323 e. The SMILES string of the molecule is CC1C(C)(C)CCC(C)(C)CC(C)(C)CCC1(C)C. The van der Waals surface area contributed by atoms with Crippen LogP contribution in [0.5, 0.6) is 0 Å². The van der Waals surface area contributed by atoms with E-state index in [2.05, 4.69) is 62.3 Å². The second-order valence-electron chi connectivity index (χ2n) is 10.2. The van der Waals surface area contributed by atoms with Gasteiger partial charge in [0.05, 0.1) is 0 Å². The fraction of sp³-hybridized carbons (Fsp3) is 1.00. The minimum atomic E-state index is 0.461. The summed E-state index contributed by atoms with van der Waals surface area (Å²) in [5.41, 5.74) is 1.90. The van der Waals surface area contributed by atoms with Gasteiger partial charge in [-0.2, -0.15) is 0 Å². The van der Waals surface area contributed by atoms with E-state index in [4.69, 9.17) is 0 Å². The lowest BCUT2D eigenvalue weighted by Gasteiger charge is -2.48. The number of hydrogen-bond acceptors (Lipinski definition) is 0. The molecule has 0 aromatic rings. The van der Waals surface area contributed by atoms with Crippen LogP contribution in [-0.2, 0) is 0 Å². The van der Waals surface area contributed by atoms with Crippen molar-refractivity contribution in [2.75, 3.05) is 0 Å². The third-order valence-corrected chi connectivity index (χ3v) is 6.19. The molecule has 0 aromatic carbocycles. The van der Waals surface area contributed by atoms with Gasteiger partial charge in [0.15, 0.2) is 0 Å². The molecule has 0 heteroatoms. The van der Waals surface area contributed by atoms with Gasteiger partial charge < -0.3 is 0 Å². The van der Waals surface area contributed by atoms with Crippen molar-refractivity contribution in [1.82, 2.24) is 0 Å². The van der Waals surface area contributed by atoms with Gasteiger partial charge in [0.25, 0.3) is 0 Å². The van der Waals surface area contributed by atoms with Crippen molar-refractivity contribution in [1.29, 1.82) is 0 Å². The molecule has 1 aliphatic rings. The first-order valence-corrected chi connectivity index (χ1v) is 8.28. The highest BCUT2D eigenvalue weighted by Gasteiger charge is 2.41. The highest BCUT2D eigenvalue weighted by molar-refractivity contribution is 4.91. The molecule has 0 aliphatic heterocycles. The Balaban J connectivity index is 3.02. The first-order chi connectivity index (χ1) is 8.28. The van der Waals surface area contributed by atoms with Crippen molar-refractivity contribution in [3.8, 4) is 0 Å². The molecule has 0 saturated heterocycles. The minimum Gasteiger partial charge on any atom is -0.0615 e. The zero-order valence-corrected chi connectivity index (χ0v) is 15.1. The van der Waals surface area contributed by atoms with E-state index in [-0.39, 0.29) is 0 Å². The van der Waals surface area contributed by atoms with Crippen LogP contribution in [0.1, 0.15) is 94.4 Å². The van der Waals surface area contributed by atoms with Crippen molar-refractivity contribution >= 4 is 0 Å². The Morgan fingerprint density at radius 3 is 1.21 bits per heavy atom. The van der Waals surface area contributed by atoms with Gasteiger partial charge in [0.2, 0.25) is 0 Å². The van der Waals surface area contributed by atoms with Gasteiger partial charge >= 0.3 is 0 Å². The van der Waals surface area contributed by atoms with Gasteiger partial charge in [0, 0.05) is 0 Å². The highest BCUT2D eigenvalue weighted by Crippen LogP contribution is 2.51. The second kappa shape index (κ2) is 5.08. The Bertz CT molecular complexity index is 274. The average Bonchev–Trinajstić information content (AvgIpc) is 2.21. The second-order valence-corrected chi connectivity index (χ2v) is 10.2. The van der Waals surface area contributed by atoms with Crippen molar-refractivity contribution in [2.45, 2.75) is 94.4 Å². The van der Waals surface area contributed by atoms with Crippen molar-refractivity contribution in [3.05, 3.63) is 0 Å². The molecule has 1 aliphatic carbocycles. The summed E-state index contributed by atoms with van der Waals surface area (Å²) in [5.74, 6) is 0.782. The molecule has 1 rings (SSSR count). The van der Waals surface area contributed by atoms with Gasteiger partial charge in [-0.15, -0.1) is 0 Å². The molecule has 0 heterocycles. The summed E-state index contributed by atoms with van der Waals surface area (Å²) in [6.07, 6.45) is 6.82. The van der Waals surface area contributed by atoms with E-state index in [1.807, 2.05) is 0 Å². The van der Waals surface area contributed by atoms with Crippen LogP contribution in [0.25, 0.3) is 0 Å². The van der Waals surface area contributed by atoms with Gasteiger partial charge in [-0.3, -0.25) is 0 Å². The molecule has 1 saturated carbocycles. The van der Waals surface area contributed by atoms with Crippen molar-refractivity contribution < 1.29 is 0 Å². The molecular formula is C19H38. The van der Waals surface area contributed by atoms with E-state index in [1.165, 1.54) is 32.1 Å². The molecule has 1 fully saturated rings. The lowest BCUT2D eigenvalue weighted by molar-refractivity contribution is 0.0263. The first-order valence-electron chi connectivity index (χ1n) is 8.28. The summed E-state index contributed by atoms with van der Waals surface area (Å²) in [4.78, 5) is 0. The van der Waals surface area contributed by atoms with E-state index in [0.29, 0.717) is 21.7 Å². The Morgan fingerprint density at radius 1 is 0.579 bits per heavy atom. The highest BCUT2D eigenvalue weighted by atomic mass is 14.5. The number of rotatable bonds is 0. The molecule has 0 aromatic heterocycles. The largest absolute Gasteiger partial charge is 0.0615 e. The quantitative estimate of drug-likeness (QED) is 0.458. The van der Waals surface area contributed by atoms with Gasteiger partial charge in [-0.05, 0) is 59.7 Å². The normalized spacial score (nSPS) is 30.8. The van der Waals surface area contributed by atoms with Crippen LogP contribution >= 0.6 is 0 Å². The molecule has 0 nitrogen and oxygen atoms in total. The zero-order chi connectivity index (χ0) is 15.1. The van der Waals surface area contributed by atoms with Crippen LogP contribution in [0, 0.1) is 27.6 Å². The minimum absolute atomic E-state index is 0.461. The van der Waals surface area contributed by atoms with Crippen molar-refractivity contribution in [3.63, 3.8) is 0 Å². The predicted molar refractivity (Wildman–Crippen MR) is 87.4 cm³/mol. The molecule has 19 heavy (non-hydrogen) atoms. The van der Waals surface area contributed by atoms with Crippen molar-refractivity contribution in [2.24, 2.45) is 27.6 Å². The summed E-state index contributed by atoms with van der Waals surface area (Å²) in [6, 6.07) is 0. The molecular weight excluding hydrogens is 228 g/mol.